The number of aryl methyl sites for hydroxylation is 1. The van der Waals surface area contributed by atoms with Crippen LogP contribution >= 0.6 is 27.3 Å². The average Bonchev–Trinajstić information content (AvgIpc) is 2.82. The summed E-state index contributed by atoms with van der Waals surface area (Å²) in [5.41, 5.74) is 3.10. The standard InChI is InChI=1S/C16H17BrN2OS/c1-18-15(13-6-7-14(17)21-13)11-5-4-10-3-2-8-19-16(20)12(10)9-11/h4-7,9,15,18H,2-3,8H2,1H3,(H,19,20). The highest BCUT2D eigenvalue weighted by Crippen LogP contribution is 2.32. The Hall–Kier alpha value is -1.17. The van der Waals surface area contributed by atoms with Crippen molar-refractivity contribution in [3.63, 3.8) is 0 Å². The van der Waals surface area contributed by atoms with Crippen molar-refractivity contribution in [2.24, 2.45) is 0 Å². The largest absolute Gasteiger partial charge is 0.352 e. The van der Waals surface area contributed by atoms with Gasteiger partial charge in [-0.05, 0) is 65.1 Å². The quantitative estimate of drug-likeness (QED) is 0.874. The fourth-order valence-corrected chi connectivity index (χ4v) is 4.30. The van der Waals surface area contributed by atoms with Crippen LogP contribution in [0, 0.1) is 0 Å². The van der Waals surface area contributed by atoms with Crippen LogP contribution < -0.4 is 10.6 Å². The summed E-state index contributed by atoms with van der Waals surface area (Å²) in [5.74, 6) is 0.0477. The molecule has 1 atom stereocenters. The fraction of sp³-hybridized carbons (Fsp3) is 0.312. The van der Waals surface area contributed by atoms with Crippen LogP contribution in [0.5, 0.6) is 0 Å². The molecule has 0 fully saturated rings. The molecule has 1 aromatic heterocycles. The predicted octanol–water partition coefficient (Wildman–Crippen LogP) is 3.50. The number of nitrogens with one attached hydrogen (secondary N) is 2. The van der Waals surface area contributed by atoms with Gasteiger partial charge in [-0.3, -0.25) is 4.79 Å². The minimum Gasteiger partial charge on any atom is -0.352 e. The molecule has 1 unspecified atom stereocenters. The van der Waals surface area contributed by atoms with Crippen LogP contribution in [0.4, 0.5) is 0 Å². The van der Waals surface area contributed by atoms with Gasteiger partial charge in [-0.2, -0.15) is 0 Å². The molecule has 0 radical (unpaired) electrons. The molecule has 1 aromatic carbocycles. The van der Waals surface area contributed by atoms with E-state index in [0.29, 0.717) is 0 Å². The highest BCUT2D eigenvalue weighted by atomic mass is 79.9. The van der Waals surface area contributed by atoms with E-state index in [9.17, 15) is 4.79 Å². The second-order valence-corrected chi connectivity index (χ2v) is 7.63. The summed E-state index contributed by atoms with van der Waals surface area (Å²) in [4.78, 5) is 13.4. The van der Waals surface area contributed by atoms with E-state index in [1.54, 1.807) is 11.3 Å². The number of amides is 1. The van der Waals surface area contributed by atoms with E-state index in [0.717, 1.165) is 39.9 Å². The van der Waals surface area contributed by atoms with Gasteiger partial charge >= 0.3 is 0 Å². The van der Waals surface area contributed by atoms with Gasteiger partial charge in [-0.15, -0.1) is 11.3 Å². The first-order valence-corrected chi connectivity index (χ1v) is 8.63. The van der Waals surface area contributed by atoms with E-state index >= 15 is 0 Å². The number of rotatable bonds is 3. The third-order valence-corrected chi connectivity index (χ3v) is 5.48. The number of hydrogen-bond acceptors (Lipinski definition) is 3. The zero-order chi connectivity index (χ0) is 14.8. The number of thiophene rings is 1. The van der Waals surface area contributed by atoms with Crippen LogP contribution in [0.25, 0.3) is 0 Å². The Balaban J connectivity index is 2.00. The van der Waals surface area contributed by atoms with Crippen LogP contribution in [0.1, 0.15) is 38.8 Å². The van der Waals surface area contributed by atoms with E-state index in [1.165, 1.54) is 4.88 Å². The Morgan fingerprint density at radius 3 is 2.90 bits per heavy atom. The number of hydrogen-bond donors (Lipinski definition) is 2. The lowest BCUT2D eigenvalue weighted by molar-refractivity contribution is 0.0956. The van der Waals surface area contributed by atoms with E-state index in [2.05, 4.69) is 50.8 Å². The highest BCUT2D eigenvalue weighted by molar-refractivity contribution is 9.11. The summed E-state index contributed by atoms with van der Waals surface area (Å²) >= 11 is 5.22. The Morgan fingerprint density at radius 1 is 1.33 bits per heavy atom. The molecule has 21 heavy (non-hydrogen) atoms. The summed E-state index contributed by atoms with van der Waals surface area (Å²) in [6.45, 7) is 0.760. The molecule has 2 heterocycles. The number of halogens is 1. The second-order valence-electron chi connectivity index (χ2n) is 5.14. The Labute approximate surface area is 136 Å². The lowest BCUT2D eigenvalue weighted by Gasteiger charge is -2.17. The molecule has 0 saturated carbocycles. The van der Waals surface area contributed by atoms with E-state index in [-0.39, 0.29) is 11.9 Å². The molecule has 2 N–H and O–H groups in total. The zero-order valence-electron chi connectivity index (χ0n) is 11.8. The normalized spacial score (nSPS) is 16.0. The third-order valence-electron chi connectivity index (χ3n) is 3.79. The van der Waals surface area contributed by atoms with Crippen LogP contribution in [-0.4, -0.2) is 19.5 Å². The lowest BCUT2D eigenvalue weighted by Crippen LogP contribution is -2.23. The summed E-state index contributed by atoms with van der Waals surface area (Å²) in [7, 11) is 1.95. The maximum atomic E-state index is 12.2. The molecular formula is C16H17BrN2OS. The van der Waals surface area contributed by atoms with Crippen molar-refractivity contribution in [1.29, 1.82) is 0 Å². The van der Waals surface area contributed by atoms with Crippen LogP contribution in [-0.2, 0) is 6.42 Å². The summed E-state index contributed by atoms with van der Waals surface area (Å²) in [5, 5.41) is 6.31. The van der Waals surface area contributed by atoms with E-state index in [1.807, 2.05) is 13.1 Å². The van der Waals surface area contributed by atoms with Crippen molar-refractivity contribution in [3.8, 4) is 0 Å². The first-order valence-electron chi connectivity index (χ1n) is 7.02. The molecular weight excluding hydrogens is 348 g/mol. The second kappa shape index (κ2) is 6.30. The molecule has 5 heteroatoms. The molecule has 0 bridgehead atoms. The molecule has 0 aliphatic carbocycles. The molecule has 0 saturated heterocycles. The van der Waals surface area contributed by atoms with Gasteiger partial charge in [0.15, 0.2) is 0 Å². The predicted molar refractivity (Wildman–Crippen MR) is 90.0 cm³/mol. The molecule has 1 aliphatic heterocycles. The van der Waals surface area contributed by atoms with Crippen LogP contribution in [0.3, 0.4) is 0 Å². The number of carbonyl (C=O) groups is 1. The van der Waals surface area contributed by atoms with Crippen LogP contribution in [0.2, 0.25) is 0 Å². The number of carbonyl (C=O) groups excluding carboxylic acids is 1. The van der Waals surface area contributed by atoms with Gasteiger partial charge in [0.2, 0.25) is 0 Å². The average molecular weight is 365 g/mol. The highest BCUT2D eigenvalue weighted by Gasteiger charge is 2.19. The van der Waals surface area contributed by atoms with Crippen molar-refractivity contribution < 1.29 is 4.79 Å². The van der Waals surface area contributed by atoms with Crippen molar-refractivity contribution in [1.82, 2.24) is 10.6 Å². The lowest BCUT2D eigenvalue weighted by atomic mass is 9.97. The summed E-state index contributed by atoms with van der Waals surface area (Å²) in [6.07, 6.45) is 1.97. The SMILES string of the molecule is CNC(c1ccc2c(c1)C(=O)NCCC2)c1ccc(Br)s1. The number of fused-ring (bicyclic) bond motifs is 1. The molecule has 3 nitrogen and oxygen atoms in total. The van der Waals surface area contributed by atoms with Crippen molar-refractivity contribution >= 4 is 33.2 Å². The molecule has 110 valence electrons. The molecule has 3 rings (SSSR count). The molecule has 1 aliphatic rings. The Kier molecular flexibility index (Phi) is 4.42. The zero-order valence-corrected chi connectivity index (χ0v) is 14.2. The first-order chi connectivity index (χ1) is 10.2. The van der Waals surface area contributed by atoms with Crippen molar-refractivity contribution in [2.75, 3.05) is 13.6 Å². The molecule has 2 aromatic rings. The van der Waals surface area contributed by atoms with Gasteiger partial charge in [0.1, 0.15) is 0 Å². The van der Waals surface area contributed by atoms with Gasteiger partial charge < -0.3 is 10.6 Å². The van der Waals surface area contributed by atoms with Gasteiger partial charge in [-0.25, -0.2) is 0 Å². The topological polar surface area (TPSA) is 41.1 Å². The van der Waals surface area contributed by atoms with Crippen molar-refractivity contribution in [3.05, 3.63) is 55.7 Å². The fourth-order valence-electron chi connectivity index (χ4n) is 2.74. The third kappa shape index (κ3) is 3.05. The Morgan fingerprint density at radius 2 is 2.19 bits per heavy atom. The number of benzene rings is 1. The van der Waals surface area contributed by atoms with E-state index < -0.39 is 0 Å². The van der Waals surface area contributed by atoms with Crippen LogP contribution in [0.15, 0.2) is 34.1 Å². The van der Waals surface area contributed by atoms with Gasteiger partial charge in [0.05, 0.1) is 9.83 Å². The van der Waals surface area contributed by atoms with Gasteiger partial charge in [0, 0.05) is 17.0 Å². The maximum Gasteiger partial charge on any atom is 0.251 e. The van der Waals surface area contributed by atoms with E-state index in [4.69, 9.17) is 0 Å². The first kappa shape index (κ1) is 14.8. The Bertz CT molecular complexity index is 668. The molecule has 1 amide bonds. The minimum atomic E-state index is 0.0477. The minimum absolute atomic E-state index is 0.0477. The monoisotopic (exact) mass is 364 g/mol. The summed E-state index contributed by atoms with van der Waals surface area (Å²) < 4.78 is 1.12. The summed E-state index contributed by atoms with van der Waals surface area (Å²) in [6, 6.07) is 10.5. The van der Waals surface area contributed by atoms with Gasteiger partial charge in [-0.1, -0.05) is 12.1 Å². The van der Waals surface area contributed by atoms with Crippen molar-refractivity contribution in [2.45, 2.75) is 18.9 Å². The smallest absolute Gasteiger partial charge is 0.251 e. The maximum absolute atomic E-state index is 12.2. The molecule has 0 spiro atoms. The van der Waals surface area contributed by atoms with Gasteiger partial charge in [0.25, 0.3) is 5.91 Å².